The summed E-state index contributed by atoms with van der Waals surface area (Å²) in [5, 5.41) is 0. The van der Waals surface area contributed by atoms with Gasteiger partial charge in [-0.2, -0.15) is 0 Å². The summed E-state index contributed by atoms with van der Waals surface area (Å²) in [6.07, 6.45) is -0.269. The lowest BCUT2D eigenvalue weighted by Crippen LogP contribution is -2.11. The maximum atomic E-state index is 14.0. The Labute approximate surface area is 160 Å². The van der Waals surface area contributed by atoms with Crippen LogP contribution >= 0.6 is 15.9 Å². The molecule has 5 nitrogen and oxygen atoms in total. The van der Waals surface area contributed by atoms with Gasteiger partial charge in [-0.25, -0.2) is 9.18 Å². The van der Waals surface area contributed by atoms with E-state index in [1.165, 1.54) is 13.2 Å². The zero-order valence-corrected chi connectivity index (χ0v) is 16.4. The smallest absolute Gasteiger partial charge is 0.493 e. The zero-order valence-electron chi connectivity index (χ0n) is 14.8. The molecule has 0 heterocycles. The van der Waals surface area contributed by atoms with Gasteiger partial charge in [0.2, 0.25) is 0 Å². The number of hydrogen-bond donors (Lipinski definition) is 0. The lowest BCUT2D eigenvalue weighted by Gasteiger charge is -2.16. The molecule has 0 aromatic heterocycles. The van der Waals surface area contributed by atoms with Crippen molar-refractivity contribution < 1.29 is 28.1 Å². The van der Waals surface area contributed by atoms with Crippen LogP contribution < -0.4 is 14.2 Å². The van der Waals surface area contributed by atoms with Crippen molar-refractivity contribution in [1.29, 1.82) is 0 Å². The molecule has 2 aromatic carbocycles. The summed E-state index contributed by atoms with van der Waals surface area (Å²) >= 11 is 3.39. The number of aryl methyl sites for hydroxylation is 1. The molecule has 0 atom stereocenters. The van der Waals surface area contributed by atoms with Gasteiger partial charge >= 0.3 is 6.16 Å². The number of methoxy groups -OCH3 is 1. The third kappa shape index (κ3) is 4.88. The molecule has 0 bridgehead atoms. The zero-order chi connectivity index (χ0) is 19.1. The second-order valence-electron chi connectivity index (χ2n) is 5.24. The van der Waals surface area contributed by atoms with Crippen molar-refractivity contribution in [2.24, 2.45) is 0 Å². The molecule has 0 radical (unpaired) electrons. The van der Waals surface area contributed by atoms with E-state index in [0.717, 1.165) is 0 Å². The lowest BCUT2D eigenvalue weighted by molar-refractivity contribution is 0.120. The van der Waals surface area contributed by atoms with Crippen LogP contribution in [0, 0.1) is 5.82 Å². The van der Waals surface area contributed by atoms with Gasteiger partial charge in [-0.3, -0.25) is 0 Å². The first-order valence-electron chi connectivity index (χ1n) is 8.11. The fourth-order valence-corrected chi connectivity index (χ4v) is 2.81. The van der Waals surface area contributed by atoms with E-state index in [4.69, 9.17) is 14.2 Å². The number of hydrogen-bond acceptors (Lipinski definition) is 5. The molecule has 0 aliphatic rings. The third-order valence-corrected chi connectivity index (χ3v) is 4.22. The molecular formula is C19H20BrFO5. The molecule has 2 aromatic rings. The molecule has 0 amide bonds. The fraction of sp³-hybridized carbons (Fsp3) is 0.316. The normalized spacial score (nSPS) is 10.3. The summed E-state index contributed by atoms with van der Waals surface area (Å²) in [6.45, 7) is 4.16. The molecule has 7 heteroatoms. The van der Waals surface area contributed by atoms with Gasteiger partial charge in [0.25, 0.3) is 0 Å². The number of benzene rings is 2. The van der Waals surface area contributed by atoms with Crippen LogP contribution in [0.5, 0.6) is 17.2 Å². The maximum absolute atomic E-state index is 14.0. The lowest BCUT2D eigenvalue weighted by atomic mass is 10.1. The van der Waals surface area contributed by atoms with Crippen LogP contribution in [-0.2, 0) is 17.8 Å². The highest BCUT2D eigenvalue weighted by molar-refractivity contribution is 9.10. The Morgan fingerprint density at radius 1 is 1.12 bits per heavy atom. The van der Waals surface area contributed by atoms with Crippen molar-refractivity contribution in [3.8, 4) is 17.2 Å². The van der Waals surface area contributed by atoms with Crippen molar-refractivity contribution >= 4 is 22.1 Å². The van der Waals surface area contributed by atoms with Crippen molar-refractivity contribution in [1.82, 2.24) is 0 Å². The SMILES string of the molecule is CCOc1cccc(OC(=O)OC)c1COc1cc(F)c(CC)cc1Br. The molecule has 0 aliphatic heterocycles. The van der Waals surface area contributed by atoms with Crippen molar-refractivity contribution in [3.63, 3.8) is 0 Å². The average Bonchev–Trinajstić information content (AvgIpc) is 2.63. The standard InChI is InChI=1S/C19H20BrFO5/c1-4-12-9-14(20)18(10-15(12)21)25-11-13-16(24-5-2)7-6-8-17(13)26-19(22)23-3/h6-10H,4-5,11H2,1-3H3. The summed E-state index contributed by atoms with van der Waals surface area (Å²) in [4.78, 5) is 11.5. The second kappa shape index (κ2) is 9.43. The largest absolute Gasteiger partial charge is 0.513 e. The van der Waals surface area contributed by atoms with Crippen LogP contribution in [0.15, 0.2) is 34.8 Å². The Hall–Kier alpha value is -2.28. The monoisotopic (exact) mass is 426 g/mol. The molecular weight excluding hydrogens is 407 g/mol. The number of carbonyl (C=O) groups is 1. The van der Waals surface area contributed by atoms with Crippen LogP contribution in [0.4, 0.5) is 9.18 Å². The summed E-state index contributed by atoms with van der Waals surface area (Å²) in [7, 11) is 1.22. The van der Waals surface area contributed by atoms with Gasteiger partial charge in [0, 0.05) is 6.07 Å². The quantitative estimate of drug-likeness (QED) is 0.445. The highest BCUT2D eigenvalue weighted by Crippen LogP contribution is 2.33. The van der Waals surface area contributed by atoms with Crippen LogP contribution in [0.3, 0.4) is 0 Å². The number of ether oxygens (including phenoxy) is 4. The minimum atomic E-state index is -0.848. The second-order valence-corrected chi connectivity index (χ2v) is 6.09. The molecule has 0 saturated carbocycles. The predicted molar refractivity (Wildman–Crippen MR) is 98.5 cm³/mol. The minimum Gasteiger partial charge on any atom is -0.493 e. The van der Waals surface area contributed by atoms with E-state index >= 15 is 0 Å². The Bertz CT molecular complexity index is 779. The highest BCUT2D eigenvalue weighted by atomic mass is 79.9. The van der Waals surface area contributed by atoms with E-state index in [9.17, 15) is 9.18 Å². The first-order chi connectivity index (χ1) is 12.5. The maximum Gasteiger partial charge on any atom is 0.513 e. The molecule has 0 spiro atoms. The van der Waals surface area contributed by atoms with Crippen molar-refractivity contribution in [2.75, 3.05) is 13.7 Å². The van der Waals surface area contributed by atoms with E-state index in [2.05, 4.69) is 20.7 Å². The van der Waals surface area contributed by atoms with Gasteiger partial charge in [0.1, 0.15) is 29.7 Å². The Balaban J connectivity index is 2.30. The Kier molecular flexibility index (Phi) is 7.26. The third-order valence-electron chi connectivity index (χ3n) is 3.60. The van der Waals surface area contributed by atoms with Gasteiger partial charge in [0.05, 0.1) is 23.8 Å². The summed E-state index contributed by atoms with van der Waals surface area (Å²) in [5.74, 6) is 0.769. The number of carbonyl (C=O) groups excluding carboxylic acids is 1. The topological polar surface area (TPSA) is 54.0 Å². The Morgan fingerprint density at radius 3 is 2.50 bits per heavy atom. The predicted octanol–water partition coefficient (Wildman–Crippen LogP) is 5.27. The molecule has 0 fully saturated rings. The molecule has 0 saturated heterocycles. The van der Waals surface area contributed by atoms with Crippen LogP contribution in [0.1, 0.15) is 25.0 Å². The van der Waals surface area contributed by atoms with Crippen LogP contribution in [0.2, 0.25) is 0 Å². The first-order valence-corrected chi connectivity index (χ1v) is 8.90. The van der Waals surface area contributed by atoms with E-state index in [0.29, 0.717) is 40.1 Å². The first kappa shape index (κ1) is 20.0. The number of rotatable bonds is 7. The summed E-state index contributed by atoms with van der Waals surface area (Å²) in [6, 6.07) is 8.05. The molecule has 26 heavy (non-hydrogen) atoms. The van der Waals surface area contributed by atoms with Gasteiger partial charge in [-0.1, -0.05) is 13.0 Å². The average molecular weight is 427 g/mol. The van der Waals surface area contributed by atoms with Gasteiger partial charge in [-0.15, -0.1) is 0 Å². The van der Waals surface area contributed by atoms with Gasteiger partial charge < -0.3 is 18.9 Å². The van der Waals surface area contributed by atoms with E-state index in [1.807, 2.05) is 13.8 Å². The molecule has 0 unspecified atom stereocenters. The van der Waals surface area contributed by atoms with Gasteiger partial charge in [0.15, 0.2) is 0 Å². The van der Waals surface area contributed by atoms with E-state index < -0.39 is 6.16 Å². The van der Waals surface area contributed by atoms with Crippen molar-refractivity contribution in [3.05, 3.63) is 51.7 Å². The minimum absolute atomic E-state index is 0.0199. The molecule has 0 aliphatic carbocycles. The van der Waals surface area contributed by atoms with Crippen LogP contribution in [0.25, 0.3) is 0 Å². The molecule has 2 rings (SSSR count). The Morgan fingerprint density at radius 2 is 1.85 bits per heavy atom. The highest BCUT2D eigenvalue weighted by Gasteiger charge is 2.16. The summed E-state index contributed by atoms with van der Waals surface area (Å²) in [5.41, 5.74) is 1.11. The van der Waals surface area contributed by atoms with Gasteiger partial charge in [-0.05, 0) is 53.0 Å². The number of halogens is 2. The van der Waals surface area contributed by atoms with E-state index in [1.54, 1.807) is 24.3 Å². The molecule has 140 valence electrons. The van der Waals surface area contributed by atoms with Crippen LogP contribution in [-0.4, -0.2) is 19.9 Å². The van der Waals surface area contributed by atoms with E-state index in [-0.39, 0.29) is 18.2 Å². The van der Waals surface area contributed by atoms with Crippen molar-refractivity contribution in [2.45, 2.75) is 26.9 Å². The summed E-state index contributed by atoms with van der Waals surface area (Å²) < 4.78 is 35.7. The fourth-order valence-electron chi connectivity index (χ4n) is 2.31. The molecule has 0 N–H and O–H groups in total.